The standard InChI is InChI=1S/C25H27N5O2S/c1-33(31,32)12-11-30-10-9-22-20(17-30)3-2-4-25(22)29-21-7-6-19(15-27)23(13-21)24-8-5-18(14-26)16-28-24/h2-8,13,16,29H,9-12,15,17,27H2,1H3. The zero-order valence-electron chi connectivity index (χ0n) is 18.6. The van der Waals surface area contributed by atoms with Crippen molar-refractivity contribution in [1.29, 1.82) is 5.26 Å². The Kier molecular flexibility index (Phi) is 6.75. The third-order valence-corrected chi connectivity index (χ3v) is 6.82. The van der Waals surface area contributed by atoms with Gasteiger partial charge in [-0.2, -0.15) is 5.26 Å². The van der Waals surface area contributed by atoms with E-state index in [1.54, 1.807) is 12.3 Å². The third kappa shape index (κ3) is 5.57. The molecule has 0 unspecified atom stereocenters. The maximum atomic E-state index is 11.5. The van der Waals surface area contributed by atoms with Gasteiger partial charge in [-0.3, -0.25) is 9.88 Å². The molecule has 8 heteroatoms. The van der Waals surface area contributed by atoms with Crippen LogP contribution in [0.4, 0.5) is 11.4 Å². The molecule has 2 heterocycles. The fraction of sp³-hybridized carbons (Fsp3) is 0.280. The summed E-state index contributed by atoms with van der Waals surface area (Å²) in [6, 6.07) is 17.9. The van der Waals surface area contributed by atoms with E-state index in [4.69, 9.17) is 11.0 Å². The monoisotopic (exact) mass is 461 g/mol. The first-order chi connectivity index (χ1) is 15.9. The molecule has 7 nitrogen and oxygen atoms in total. The summed E-state index contributed by atoms with van der Waals surface area (Å²) in [5.74, 6) is 0.180. The number of sulfone groups is 1. The summed E-state index contributed by atoms with van der Waals surface area (Å²) in [6.07, 6.45) is 3.70. The van der Waals surface area contributed by atoms with Crippen molar-refractivity contribution in [3.63, 3.8) is 0 Å². The molecule has 33 heavy (non-hydrogen) atoms. The van der Waals surface area contributed by atoms with Crippen LogP contribution in [0.5, 0.6) is 0 Å². The second kappa shape index (κ2) is 9.71. The predicted molar refractivity (Wildman–Crippen MR) is 131 cm³/mol. The van der Waals surface area contributed by atoms with Crippen LogP contribution in [0.25, 0.3) is 11.3 Å². The number of benzene rings is 2. The molecule has 0 saturated carbocycles. The van der Waals surface area contributed by atoms with Gasteiger partial charge in [-0.25, -0.2) is 8.42 Å². The smallest absolute Gasteiger partial charge is 0.148 e. The number of anilines is 2. The quantitative estimate of drug-likeness (QED) is 0.555. The van der Waals surface area contributed by atoms with E-state index in [1.807, 2.05) is 30.3 Å². The first-order valence-electron chi connectivity index (χ1n) is 10.8. The van der Waals surface area contributed by atoms with E-state index in [2.05, 4.69) is 33.4 Å². The SMILES string of the molecule is CS(=O)(=O)CCN1CCc2c(cccc2Nc2ccc(CN)c(-c3ccc(C#N)cn3)c2)C1. The van der Waals surface area contributed by atoms with Gasteiger partial charge < -0.3 is 11.1 Å². The molecule has 1 aliphatic rings. The fourth-order valence-corrected chi connectivity index (χ4v) is 4.71. The zero-order chi connectivity index (χ0) is 23.4. The highest BCUT2D eigenvalue weighted by molar-refractivity contribution is 7.90. The van der Waals surface area contributed by atoms with E-state index in [0.717, 1.165) is 47.7 Å². The molecular weight excluding hydrogens is 434 g/mol. The van der Waals surface area contributed by atoms with Crippen LogP contribution < -0.4 is 11.1 Å². The normalized spacial score (nSPS) is 13.8. The van der Waals surface area contributed by atoms with Crippen LogP contribution in [-0.2, 0) is 29.3 Å². The Morgan fingerprint density at radius 1 is 1.21 bits per heavy atom. The van der Waals surface area contributed by atoms with Gasteiger partial charge in [0, 0.05) is 55.6 Å². The van der Waals surface area contributed by atoms with Crippen LogP contribution in [0, 0.1) is 11.3 Å². The molecule has 0 radical (unpaired) electrons. The molecule has 1 aliphatic heterocycles. The molecule has 0 saturated heterocycles. The number of fused-ring (bicyclic) bond motifs is 1. The highest BCUT2D eigenvalue weighted by atomic mass is 32.2. The van der Waals surface area contributed by atoms with Gasteiger partial charge in [-0.1, -0.05) is 18.2 Å². The molecule has 3 N–H and O–H groups in total. The Morgan fingerprint density at radius 2 is 2.06 bits per heavy atom. The number of nitrogens with zero attached hydrogens (tertiary/aromatic N) is 3. The number of aromatic nitrogens is 1. The lowest BCUT2D eigenvalue weighted by molar-refractivity contribution is 0.269. The molecule has 4 rings (SSSR count). The summed E-state index contributed by atoms with van der Waals surface area (Å²) in [6.45, 7) is 2.51. The second-order valence-corrected chi connectivity index (χ2v) is 10.6. The molecule has 170 valence electrons. The second-order valence-electron chi connectivity index (χ2n) is 8.34. The topological polar surface area (TPSA) is 112 Å². The average molecular weight is 462 g/mol. The molecule has 0 bridgehead atoms. The van der Waals surface area contributed by atoms with Gasteiger partial charge in [-0.05, 0) is 53.4 Å². The number of hydrogen-bond acceptors (Lipinski definition) is 7. The lowest BCUT2D eigenvalue weighted by atomic mass is 9.97. The molecule has 0 fully saturated rings. The molecule has 0 aliphatic carbocycles. The van der Waals surface area contributed by atoms with Crippen LogP contribution in [-0.4, -0.2) is 43.4 Å². The summed E-state index contributed by atoms with van der Waals surface area (Å²) < 4.78 is 23.0. The van der Waals surface area contributed by atoms with Crippen LogP contribution >= 0.6 is 0 Å². The predicted octanol–water partition coefficient (Wildman–Crippen LogP) is 3.23. The molecular formula is C25H27N5O2S. The summed E-state index contributed by atoms with van der Waals surface area (Å²) in [7, 11) is -2.97. The highest BCUT2D eigenvalue weighted by Crippen LogP contribution is 2.31. The van der Waals surface area contributed by atoms with Crippen molar-refractivity contribution in [1.82, 2.24) is 9.88 Å². The number of nitrogens with two attached hydrogens (primary N) is 1. The Balaban J connectivity index is 1.57. The average Bonchev–Trinajstić information content (AvgIpc) is 2.82. The van der Waals surface area contributed by atoms with Gasteiger partial charge in [0.2, 0.25) is 0 Å². The van der Waals surface area contributed by atoms with E-state index in [0.29, 0.717) is 18.7 Å². The molecule has 0 atom stereocenters. The summed E-state index contributed by atoms with van der Waals surface area (Å²) in [4.78, 5) is 6.63. The lowest BCUT2D eigenvalue weighted by Gasteiger charge is -2.30. The van der Waals surface area contributed by atoms with E-state index in [-0.39, 0.29) is 5.75 Å². The summed E-state index contributed by atoms with van der Waals surface area (Å²) in [5.41, 5.74) is 13.6. The Morgan fingerprint density at radius 3 is 2.76 bits per heavy atom. The summed E-state index contributed by atoms with van der Waals surface area (Å²) in [5, 5.41) is 12.6. The minimum atomic E-state index is -2.97. The zero-order valence-corrected chi connectivity index (χ0v) is 19.4. The van der Waals surface area contributed by atoms with Gasteiger partial charge in [0.15, 0.2) is 0 Å². The van der Waals surface area contributed by atoms with Crippen molar-refractivity contribution in [3.05, 3.63) is 77.0 Å². The van der Waals surface area contributed by atoms with E-state index in [9.17, 15) is 8.42 Å². The van der Waals surface area contributed by atoms with E-state index in [1.165, 1.54) is 17.4 Å². The van der Waals surface area contributed by atoms with Crippen LogP contribution in [0.3, 0.4) is 0 Å². The van der Waals surface area contributed by atoms with Crippen LogP contribution in [0.2, 0.25) is 0 Å². The fourth-order valence-electron chi connectivity index (χ4n) is 4.12. The van der Waals surface area contributed by atoms with Gasteiger partial charge in [0.25, 0.3) is 0 Å². The number of rotatable bonds is 7. The highest BCUT2D eigenvalue weighted by Gasteiger charge is 2.20. The first kappa shape index (κ1) is 22.9. The maximum absolute atomic E-state index is 11.5. The van der Waals surface area contributed by atoms with Gasteiger partial charge in [-0.15, -0.1) is 0 Å². The van der Waals surface area contributed by atoms with Gasteiger partial charge >= 0.3 is 0 Å². The van der Waals surface area contributed by atoms with Crippen molar-refractivity contribution < 1.29 is 8.42 Å². The Hall–Kier alpha value is -3.25. The van der Waals surface area contributed by atoms with E-state index < -0.39 is 9.84 Å². The molecule has 1 aromatic heterocycles. The van der Waals surface area contributed by atoms with Crippen LogP contribution in [0.1, 0.15) is 22.3 Å². The number of pyridine rings is 1. The number of nitriles is 1. The summed E-state index contributed by atoms with van der Waals surface area (Å²) >= 11 is 0. The van der Waals surface area contributed by atoms with Gasteiger partial charge in [0.05, 0.1) is 17.0 Å². The lowest BCUT2D eigenvalue weighted by Crippen LogP contribution is -2.34. The third-order valence-electron chi connectivity index (χ3n) is 5.90. The minimum Gasteiger partial charge on any atom is -0.355 e. The van der Waals surface area contributed by atoms with Crippen molar-refractivity contribution in [3.8, 4) is 17.3 Å². The molecule has 0 amide bonds. The molecule has 0 spiro atoms. The van der Waals surface area contributed by atoms with Crippen molar-refractivity contribution in [2.24, 2.45) is 5.73 Å². The first-order valence-corrected chi connectivity index (χ1v) is 12.9. The molecule has 3 aromatic rings. The number of hydrogen-bond donors (Lipinski definition) is 2. The largest absolute Gasteiger partial charge is 0.355 e. The van der Waals surface area contributed by atoms with Gasteiger partial charge in [0.1, 0.15) is 15.9 Å². The Bertz CT molecular complexity index is 1300. The maximum Gasteiger partial charge on any atom is 0.148 e. The minimum absolute atomic E-state index is 0.180. The molecule has 2 aromatic carbocycles. The van der Waals surface area contributed by atoms with Crippen molar-refractivity contribution >= 4 is 21.2 Å². The van der Waals surface area contributed by atoms with Crippen molar-refractivity contribution in [2.75, 3.05) is 30.4 Å². The van der Waals surface area contributed by atoms with Crippen LogP contribution in [0.15, 0.2) is 54.7 Å². The van der Waals surface area contributed by atoms with Crippen molar-refractivity contribution in [2.45, 2.75) is 19.5 Å². The number of nitrogens with one attached hydrogen (secondary N) is 1. The van der Waals surface area contributed by atoms with E-state index >= 15 is 0 Å². The Labute approximate surface area is 194 Å².